The Hall–Kier alpha value is -2.46. The van der Waals surface area contributed by atoms with E-state index in [-0.39, 0.29) is 24.1 Å². The Labute approximate surface area is 188 Å². The predicted octanol–water partition coefficient (Wildman–Crippen LogP) is 3.59. The molecule has 1 aliphatic carbocycles. The summed E-state index contributed by atoms with van der Waals surface area (Å²) < 4.78 is 41.2. The van der Waals surface area contributed by atoms with Crippen molar-refractivity contribution in [3.8, 4) is 11.5 Å². The Morgan fingerprint density at radius 2 is 1.78 bits per heavy atom. The topological polar surface area (TPSA) is 112 Å². The van der Waals surface area contributed by atoms with Gasteiger partial charge in [-0.15, -0.1) is 0 Å². The zero-order valence-corrected chi connectivity index (χ0v) is 19.4. The summed E-state index contributed by atoms with van der Waals surface area (Å²) in [4.78, 5) is 18.5. The summed E-state index contributed by atoms with van der Waals surface area (Å²) in [7, 11) is -3.22. The SMILES string of the molecule is CC(C)(C)OC(=O)N1CCC(OCc2noc(-c3ccc(S(=O)(=O)C4CC4)cc3)n2)CC1. The molecule has 0 radical (unpaired) electrons. The van der Waals surface area contributed by atoms with Crippen molar-refractivity contribution in [2.75, 3.05) is 13.1 Å². The lowest BCUT2D eigenvalue weighted by Crippen LogP contribution is -2.43. The van der Waals surface area contributed by atoms with Gasteiger partial charge in [0, 0.05) is 18.7 Å². The van der Waals surface area contributed by atoms with Crippen LogP contribution >= 0.6 is 0 Å². The lowest BCUT2D eigenvalue weighted by molar-refractivity contribution is -0.0190. The van der Waals surface area contributed by atoms with Gasteiger partial charge in [-0.2, -0.15) is 4.98 Å². The summed E-state index contributed by atoms with van der Waals surface area (Å²) in [6.45, 7) is 6.91. The number of hydrogen-bond donors (Lipinski definition) is 0. The maximum Gasteiger partial charge on any atom is 0.410 e. The molecule has 2 aromatic rings. The first-order valence-electron chi connectivity index (χ1n) is 10.9. The number of benzene rings is 1. The molecule has 1 saturated heterocycles. The summed E-state index contributed by atoms with van der Waals surface area (Å²) in [6, 6.07) is 6.53. The van der Waals surface area contributed by atoms with Gasteiger partial charge in [0.2, 0.25) is 0 Å². The molecule has 9 nitrogen and oxygen atoms in total. The summed E-state index contributed by atoms with van der Waals surface area (Å²) >= 11 is 0. The maximum atomic E-state index is 12.3. The number of carbonyl (C=O) groups is 1. The number of likely N-dealkylation sites (tertiary alicyclic amines) is 1. The van der Waals surface area contributed by atoms with Crippen LogP contribution in [0.5, 0.6) is 0 Å². The minimum Gasteiger partial charge on any atom is -0.444 e. The van der Waals surface area contributed by atoms with Gasteiger partial charge in [-0.3, -0.25) is 0 Å². The standard InChI is InChI=1S/C22H29N3O6S/c1-22(2,3)30-21(26)25-12-10-16(11-13-25)29-14-19-23-20(31-24-19)15-4-6-17(7-5-15)32(27,28)18-8-9-18/h4-7,16,18H,8-14H2,1-3H3. The lowest BCUT2D eigenvalue weighted by atomic mass is 10.1. The van der Waals surface area contributed by atoms with Crippen molar-refractivity contribution >= 4 is 15.9 Å². The molecule has 32 heavy (non-hydrogen) atoms. The summed E-state index contributed by atoms with van der Waals surface area (Å²) in [6.07, 6.45) is 2.59. The van der Waals surface area contributed by atoms with E-state index in [2.05, 4.69) is 10.1 Å². The molecule has 2 heterocycles. The Bertz CT molecular complexity index is 1050. The number of ether oxygens (including phenoxy) is 2. The van der Waals surface area contributed by atoms with Gasteiger partial charge in [0.1, 0.15) is 12.2 Å². The van der Waals surface area contributed by atoms with Crippen molar-refractivity contribution in [1.82, 2.24) is 15.0 Å². The molecule has 2 fully saturated rings. The molecular weight excluding hydrogens is 434 g/mol. The van der Waals surface area contributed by atoms with Gasteiger partial charge in [-0.25, -0.2) is 13.2 Å². The fourth-order valence-electron chi connectivity index (χ4n) is 3.51. The average Bonchev–Trinajstić information content (AvgIpc) is 3.51. The number of rotatable bonds is 6. The third kappa shape index (κ3) is 5.47. The van der Waals surface area contributed by atoms with Gasteiger partial charge in [-0.1, -0.05) is 5.16 Å². The largest absolute Gasteiger partial charge is 0.444 e. The van der Waals surface area contributed by atoms with Crippen LogP contribution in [0.15, 0.2) is 33.7 Å². The molecule has 1 saturated carbocycles. The van der Waals surface area contributed by atoms with Crippen LogP contribution in [0, 0.1) is 0 Å². The zero-order valence-electron chi connectivity index (χ0n) is 18.6. The second-order valence-electron chi connectivity index (χ2n) is 9.26. The smallest absolute Gasteiger partial charge is 0.410 e. The fraction of sp³-hybridized carbons (Fsp3) is 0.591. The molecule has 1 amide bonds. The number of sulfone groups is 1. The van der Waals surface area contributed by atoms with Gasteiger partial charge < -0.3 is 18.9 Å². The highest BCUT2D eigenvalue weighted by Gasteiger charge is 2.36. The van der Waals surface area contributed by atoms with E-state index in [1.807, 2.05) is 20.8 Å². The average molecular weight is 464 g/mol. The summed E-state index contributed by atoms with van der Waals surface area (Å²) in [5.74, 6) is 0.739. The van der Waals surface area contributed by atoms with E-state index in [9.17, 15) is 13.2 Å². The Morgan fingerprint density at radius 1 is 1.12 bits per heavy atom. The minimum absolute atomic E-state index is 0.00236. The van der Waals surface area contributed by atoms with E-state index in [1.165, 1.54) is 0 Å². The van der Waals surface area contributed by atoms with E-state index in [1.54, 1.807) is 29.2 Å². The highest BCUT2D eigenvalue weighted by atomic mass is 32.2. The molecule has 0 spiro atoms. The summed E-state index contributed by atoms with van der Waals surface area (Å²) in [5.41, 5.74) is 0.149. The molecule has 1 aromatic heterocycles. The van der Waals surface area contributed by atoms with Gasteiger partial charge in [0.15, 0.2) is 15.7 Å². The Balaban J connectivity index is 1.27. The van der Waals surface area contributed by atoms with E-state index in [0.717, 1.165) is 12.8 Å². The maximum absolute atomic E-state index is 12.3. The quantitative estimate of drug-likeness (QED) is 0.639. The van der Waals surface area contributed by atoms with Crippen molar-refractivity contribution in [1.29, 1.82) is 0 Å². The third-order valence-electron chi connectivity index (χ3n) is 5.40. The molecule has 0 unspecified atom stereocenters. The second kappa shape index (κ2) is 8.82. The number of amides is 1. The fourth-order valence-corrected chi connectivity index (χ4v) is 5.17. The predicted molar refractivity (Wildman–Crippen MR) is 116 cm³/mol. The highest BCUT2D eigenvalue weighted by molar-refractivity contribution is 7.92. The van der Waals surface area contributed by atoms with Crippen molar-refractivity contribution in [3.63, 3.8) is 0 Å². The third-order valence-corrected chi connectivity index (χ3v) is 7.68. The van der Waals surface area contributed by atoms with Crippen molar-refractivity contribution in [3.05, 3.63) is 30.1 Å². The molecule has 0 atom stereocenters. The van der Waals surface area contributed by atoms with Crippen LogP contribution in [-0.4, -0.2) is 59.6 Å². The van der Waals surface area contributed by atoms with Gasteiger partial charge in [0.05, 0.1) is 16.2 Å². The van der Waals surface area contributed by atoms with Gasteiger partial charge in [-0.05, 0) is 70.7 Å². The van der Waals surface area contributed by atoms with E-state index >= 15 is 0 Å². The number of carbonyl (C=O) groups excluding carboxylic acids is 1. The van der Waals surface area contributed by atoms with Crippen LogP contribution in [0.3, 0.4) is 0 Å². The van der Waals surface area contributed by atoms with Crippen molar-refractivity contribution in [2.24, 2.45) is 0 Å². The first-order valence-corrected chi connectivity index (χ1v) is 12.4. The molecule has 1 aliphatic heterocycles. The van der Waals surface area contributed by atoms with Gasteiger partial charge in [0.25, 0.3) is 5.89 Å². The molecule has 174 valence electrons. The number of aromatic nitrogens is 2. The Morgan fingerprint density at radius 3 is 2.38 bits per heavy atom. The number of piperidine rings is 1. The van der Waals surface area contributed by atoms with Crippen molar-refractivity contribution < 1.29 is 27.2 Å². The number of hydrogen-bond acceptors (Lipinski definition) is 8. The molecule has 4 rings (SSSR count). The normalized spacial score (nSPS) is 18.0. The van der Waals surface area contributed by atoms with Crippen molar-refractivity contribution in [2.45, 2.75) is 74.9 Å². The highest BCUT2D eigenvalue weighted by Crippen LogP contribution is 2.34. The van der Waals surface area contributed by atoms with E-state index in [4.69, 9.17) is 14.0 Å². The Kier molecular flexibility index (Phi) is 6.26. The molecule has 2 aliphatic rings. The molecule has 0 bridgehead atoms. The molecule has 10 heteroatoms. The van der Waals surface area contributed by atoms with Crippen LogP contribution in [-0.2, 0) is 25.9 Å². The van der Waals surface area contributed by atoms with E-state index in [0.29, 0.717) is 48.1 Å². The molecule has 1 aromatic carbocycles. The van der Waals surface area contributed by atoms with E-state index < -0.39 is 15.4 Å². The first kappa shape index (κ1) is 22.7. The lowest BCUT2D eigenvalue weighted by Gasteiger charge is -2.33. The minimum atomic E-state index is -3.22. The number of nitrogens with zero attached hydrogens (tertiary/aromatic N) is 3. The van der Waals surface area contributed by atoms with Crippen LogP contribution < -0.4 is 0 Å². The zero-order chi connectivity index (χ0) is 22.9. The van der Waals surface area contributed by atoms with Crippen LogP contribution in [0.4, 0.5) is 4.79 Å². The molecule has 0 N–H and O–H groups in total. The summed E-state index contributed by atoms with van der Waals surface area (Å²) in [5, 5.41) is 3.72. The second-order valence-corrected chi connectivity index (χ2v) is 11.5. The van der Waals surface area contributed by atoms with Crippen LogP contribution in [0.1, 0.15) is 52.3 Å². The molecular formula is C22H29N3O6S. The first-order chi connectivity index (χ1) is 15.1. The monoisotopic (exact) mass is 463 g/mol. The van der Waals surface area contributed by atoms with Gasteiger partial charge >= 0.3 is 6.09 Å². The van der Waals surface area contributed by atoms with Crippen LogP contribution in [0.2, 0.25) is 0 Å². The van der Waals surface area contributed by atoms with Crippen LogP contribution in [0.25, 0.3) is 11.5 Å².